The fourth-order valence-corrected chi connectivity index (χ4v) is 3.42. The van der Waals surface area contributed by atoms with E-state index in [2.05, 4.69) is 10.0 Å². The molecular weight excluding hydrogens is 378 g/mol. The van der Waals surface area contributed by atoms with Crippen LogP contribution in [0.25, 0.3) is 0 Å². The Hall–Kier alpha value is -1.35. The van der Waals surface area contributed by atoms with Gasteiger partial charge in [-0.3, -0.25) is 4.79 Å². The lowest BCUT2D eigenvalue weighted by molar-refractivity contribution is -0.122. The molecule has 0 heterocycles. The van der Waals surface area contributed by atoms with Gasteiger partial charge in [0, 0.05) is 19.5 Å². The van der Waals surface area contributed by atoms with Crippen molar-refractivity contribution in [2.45, 2.75) is 50.5 Å². The summed E-state index contributed by atoms with van der Waals surface area (Å²) in [6.07, 6.45) is 1.51. The van der Waals surface area contributed by atoms with Crippen molar-refractivity contribution in [3.63, 3.8) is 0 Å². The van der Waals surface area contributed by atoms with Crippen molar-refractivity contribution in [2.75, 3.05) is 19.7 Å². The molecule has 0 aliphatic rings. The van der Waals surface area contributed by atoms with E-state index >= 15 is 0 Å². The van der Waals surface area contributed by atoms with Gasteiger partial charge in [-0.05, 0) is 44.0 Å². The number of nitrogens with one attached hydrogen (secondary N) is 2. The normalized spacial score (nSPS) is 11.5. The molecule has 0 saturated heterocycles. The summed E-state index contributed by atoms with van der Waals surface area (Å²) >= 11 is 0. The third-order valence-corrected chi connectivity index (χ3v) is 5.71. The Labute approximate surface area is 162 Å². The number of halogens is 1. The van der Waals surface area contributed by atoms with Crippen LogP contribution >= 0.6 is 12.4 Å². The van der Waals surface area contributed by atoms with Crippen LogP contribution in [0.3, 0.4) is 0 Å². The minimum absolute atomic E-state index is 0. The quantitative estimate of drug-likeness (QED) is 0.518. The van der Waals surface area contributed by atoms with E-state index in [1.807, 2.05) is 20.8 Å². The molecule has 1 aromatic rings. The molecule has 1 aromatic carbocycles. The fourth-order valence-electron chi connectivity index (χ4n) is 2.39. The predicted molar refractivity (Wildman–Crippen MR) is 105 cm³/mol. The SMILES string of the molecule is CCOc1ccc(S(=O)(=O)NCCC(=O)NC(CC)(CC)CN)cc1.Cl. The molecule has 0 spiro atoms. The first-order valence-electron chi connectivity index (χ1n) is 8.56. The molecule has 7 nitrogen and oxygen atoms in total. The van der Waals surface area contributed by atoms with Gasteiger partial charge in [0.05, 0.1) is 17.0 Å². The summed E-state index contributed by atoms with van der Waals surface area (Å²) in [7, 11) is -3.66. The molecule has 0 fully saturated rings. The van der Waals surface area contributed by atoms with E-state index in [9.17, 15) is 13.2 Å². The number of hydrogen-bond donors (Lipinski definition) is 3. The van der Waals surface area contributed by atoms with E-state index in [-0.39, 0.29) is 36.2 Å². The van der Waals surface area contributed by atoms with Crippen LogP contribution in [0.15, 0.2) is 29.2 Å². The summed E-state index contributed by atoms with van der Waals surface area (Å²) in [5.74, 6) is 0.390. The predicted octanol–water partition coefficient (Wildman–Crippen LogP) is 1.81. The monoisotopic (exact) mass is 407 g/mol. The molecule has 150 valence electrons. The number of rotatable bonds is 11. The van der Waals surface area contributed by atoms with Gasteiger partial charge in [-0.1, -0.05) is 13.8 Å². The van der Waals surface area contributed by atoms with Gasteiger partial charge in [0.2, 0.25) is 15.9 Å². The first-order valence-corrected chi connectivity index (χ1v) is 10.0. The largest absolute Gasteiger partial charge is 0.494 e. The van der Waals surface area contributed by atoms with Crippen molar-refractivity contribution in [3.05, 3.63) is 24.3 Å². The number of hydrogen-bond acceptors (Lipinski definition) is 5. The number of carbonyl (C=O) groups excluding carboxylic acids is 1. The molecule has 0 atom stereocenters. The van der Waals surface area contributed by atoms with Gasteiger partial charge in [-0.2, -0.15) is 0 Å². The highest BCUT2D eigenvalue weighted by Gasteiger charge is 2.26. The lowest BCUT2D eigenvalue weighted by atomic mass is 9.93. The Morgan fingerprint density at radius 3 is 2.19 bits per heavy atom. The lowest BCUT2D eigenvalue weighted by Gasteiger charge is -2.31. The number of amides is 1. The maximum absolute atomic E-state index is 12.2. The summed E-state index contributed by atoms with van der Waals surface area (Å²) < 4.78 is 32.2. The number of benzene rings is 1. The summed E-state index contributed by atoms with van der Waals surface area (Å²) in [5, 5.41) is 2.91. The number of carbonyl (C=O) groups is 1. The maximum Gasteiger partial charge on any atom is 0.240 e. The summed E-state index contributed by atoms with van der Waals surface area (Å²) in [6, 6.07) is 6.15. The van der Waals surface area contributed by atoms with Crippen molar-refractivity contribution in [1.29, 1.82) is 0 Å². The topological polar surface area (TPSA) is 111 Å². The van der Waals surface area contributed by atoms with Crippen molar-refractivity contribution in [3.8, 4) is 5.75 Å². The second kappa shape index (κ2) is 11.4. The highest BCUT2D eigenvalue weighted by atomic mass is 35.5. The Morgan fingerprint density at radius 1 is 1.15 bits per heavy atom. The molecule has 1 amide bonds. The van der Waals surface area contributed by atoms with Crippen molar-refractivity contribution < 1.29 is 17.9 Å². The van der Waals surface area contributed by atoms with Crippen LogP contribution in [0, 0.1) is 0 Å². The van der Waals surface area contributed by atoms with Gasteiger partial charge in [0.25, 0.3) is 0 Å². The van der Waals surface area contributed by atoms with Gasteiger partial charge >= 0.3 is 0 Å². The zero-order valence-corrected chi connectivity index (χ0v) is 17.2. The number of nitrogens with two attached hydrogens (primary N) is 1. The van der Waals surface area contributed by atoms with Crippen molar-refractivity contribution in [2.24, 2.45) is 5.73 Å². The summed E-state index contributed by atoms with van der Waals surface area (Å²) in [6.45, 7) is 6.67. The molecule has 4 N–H and O–H groups in total. The van der Waals surface area contributed by atoms with Crippen LogP contribution < -0.4 is 20.5 Å². The van der Waals surface area contributed by atoms with Gasteiger partial charge < -0.3 is 15.8 Å². The molecule has 9 heteroatoms. The van der Waals surface area contributed by atoms with E-state index in [1.54, 1.807) is 12.1 Å². The lowest BCUT2D eigenvalue weighted by Crippen LogP contribution is -2.53. The average Bonchev–Trinajstić information content (AvgIpc) is 2.60. The standard InChI is InChI=1S/C17H29N3O4S.ClH/c1-4-17(5-2,13-18)20-16(21)11-12-19-25(22,23)15-9-7-14(8-10-15)24-6-3;/h7-10,19H,4-6,11-13,18H2,1-3H3,(H,20,21);1H. The summed E-state index contributed by atoms with van der Waals surface area (Å²) in [4.78, 5) is 12.2. The van der Waals surface area contributed by atoms with Crippen LogP contribution in [0.2, 0.25) is 0 Å². The van der Waals surface area contributed by atoms with Crippen LogP contribution in [0.4, 0.5) is 0 Å². The minimum Gasteiger partial charge on any atom is -0.494 e. The minimum atomic E-state index is -3.66. The highest BCUT2D eigenvalue weighted by Crippen LogP contribution is 2.16. The molecule has 0 aliphatic heterocycles. The van der Waals surface area contributed by atoms with Crippen molar-refractivity contribution >= 4 is 28.3 Å². The first-order chi connectivity index (χ1) is 11.8. The summed E-state index contributed by atoms with van der Waals surface area (Å²) in [5.41, 5.74) is 5.32. The molecule has 0 unspecified atom stereocenters. The van der Waals surface area contributed by atoms with E-state index < -0.39 is 15.6 Å². The first kappa shape index (κ1) is 24.7. The Morgan fingerprint density at radius 2 is 1.73 bits per heavy atom. The van der Waals surface area contributed by atoms with Crippen molar-refractivity contribution in [1.82, 2.24) is 10.0 Å². The maximum atomic E-state index is 12.2. The highest BCUT2D eigenvalue weighted by molar-refractivity contribution is 7.89. The van der Waals surface area contributed by atoms with Crippen LogP contribution in [-0.4, -0.2) is 39.6 Å². The Kier molecular flexibility index (Phi) is 10.8. The van der Waals surface area contributed by atoms with Gasteiger partial charge in [0.15, 0.2) is 0 Å². The zero-order chi connectivity index (χ0) is 18.9. The Bertz CT molecular complexity index is 638. The molecule has 0 aromatic heterocycles. The molecule has 0 saturated carbocycles. The average molecular weight is 408 g/mol. The molecule has 0 aliphatic carbocycles. The molecular formula is C17H30ClN3O4S. The third-order valence-electron chi connectivity index (χ3n) is 4.24. The van der Waals surface area contributed by atoms with Crippen LogP contribution in [0.1, 0.15) is 40.0 Å². The molecule has 1 rings (SSSR count). The zero-order valence-electron chi connectivity index (χ0n) is 15.6. The molecule has 26 heavy (non-hydrogen) atoms. The van der Waals surface area contributed by atoms with Gasteiger partial charge in [0.1, 0.15) is 5.75 Å². The van der Waals surface area contributed by atoms with E-state index in [0.29, 0.717) is 18.9 Å². The number of sulfonamides is 1. The van der Waals surface area contributed by atoms with Crippen LogP contribution in [0.5, 0.6) is 5.75 Å². The van der Waals surface area contributed by atoms with E-state index in [0.717, 1.165) is 12.8 Å². The van der Waals surface area contributed by atoms with E-state index in [1.165, 1.54) is 12.1 Å². The fraction of sp³-hybridized carbons (Fsp3) is 0.588. The van der Waals surface area contributed by atoms with Crippen LogP contribution in [-0.2, 0) is 14.8 Å². The molecule has 0 bridgehead atoms. The third kappa shape index (κ3) is 7.11. The second-order valence-corrected chi connectivity index (χ2v) is 7.56. The van der Waals surface area contributed by atoms with Gasteiger partial charge in [-0.15, -0.1) is 12.4 Å². The molecule has 0 radical (unpaired) electrons. The van der Waals surface area contributed by atoms with E-state index in [4.69, 9.17) is 10.5 Å². The number of ether oxygens (including phenoxy) is 1. The van der Waals surface area contributed by atoms with Gasteiger partial charge in [-0.25, -0.2) is 13.1 Å². The Balaban J connectivity index is 0.00000625. The second-order valence-electron chi connectivity index (χ2n) is 5.79. The smallest absolute Gasteiger partial charge is 0.240 e.